The van der Waals surface area contributed by atoms with E-state index in [2.05, 4.69) is 68.1 Å². The monoisotopic (exact) mass is 1860 g/mol. The highest BCUT2D eigenvalue weighted by Crippen LogP contribution is 2.52. The number of carbonyl (C=O) groups is 11. The molecule has 7 rings (SSSR count). The van der Waals surface area contributed by atoms with E-state index in [9.17, 15) is 123 Å². The molecule has 7 heterocycles. The van der Waals surface area contributed by atoms with Gasteiger partial charge in [-0.1, -0.05) is 13.8 Å². The lowest BCUT2D eigenvalue weighted by Gasteiger charge is -2.42. The predicted octanol–water partition coefficient (Wildman–Crippen LogP) is -10.8. The first-order chi connectivity index (χ1) is 60.2. The quantitative estimate of drug-likeness (QED) is 0.0166. The number of nitrogens with two attached hydrogens (primary N) is 1. The van der Waals surface area contributed by atoms with Gasteiger partial charge in [0.05, 0.1) is 175 Å². The number of nitrogens with zero attached hydrogens (tertiary/aromatic N) is 5. The maximum atomic E-state index is 14.4. The molecule has 54 nitrogen and oxygen atoms in total. The fourth-order valence-corrected chi connectivity index (χ4v) is 15.1. The van der Waals surface area contributed by atoms with Crippen LogP contribution in [0.2, 0.25) is 0 Å². The minimum Gasteiger partial charge on any atom is -0.394 e. The van der Waals surface area contributed by atoms with Crippen molar-refractivity contribution in [1.29, 1.82) is 0 Å². The van der Waals surface area contributed by atoms with E-state index in [0.29, 0.717) is 0 Å². The van der Waals surface area contributed by atoms with Crippen molar-refractivity contribution in [2.24, 2.45) is 0 Å². The van der Waals surface area contributed by atoms with Crippen LogP contribution in [0.25, 0.3) is 11.2 Å². The van der Waals surface area contributed by atoms with Crippen LogP contribution in [0.3, 0.4) is 0 Å². The molecule has 0 saturated carbocycles. The zero-order chi connectivity index (χ0) is 93.5. The Kier molecular flexibility index (Phi) is 43.0. The van der Waals surface area contributed by atoms with E-state index >= 15 is 0 Å². The summed E-state index contributed by atoms with van der Waals surface area (Å²) in [5.41, 5.74) is 3.64. The molecule has 0 aliphatic carbocycles. The van der Waals surface area contributed by atoms with Gasteiger partial charge in [-0.3, -0.25) is 70.9 Å². The van der Waals surface area contributed by atoms with Crippen molar-refractivity contribution >= 4 is 97.4 Å². The molecular weight excluding hydrogens is 1750 g/mol. The van der Waals surface area contributed by atoms with Crippen LogP contribution in [0.4, 0.5) is 5.82 Å². The number of likely N-dealkylation sites (tertiary alicyclic amines) is 1. The second kappa shape index (κ2) is 51.5. The zero-order valence-electron chi connectivity index (χ0n) is 70.3. The Morgan fingerprint density at radius 3 is 1.30 bits per heavy atom. The molecule has 11 amide bonds. The Balaban J connectivity index is 1.01. The molecule has 5 fully saturated rings. The molecule has 127 heavy (non-hydrogen) atoms. The van der Waals surface area contributed by atoms with Crippen molar-refractivity contribution in [3.63, 3.8) is 0 Å². The van der Waals surface area contributed by atoms with Crippen LogP contribution < -0.4 is 58.9 Å². The first-order valence-corrected chi connectivity index (χ1v) is 43.7. The number of imidazole rings is 1. The number of aromatic nitrogens is 4. The largest absolute Gasteiger partial charge is 0.472 e. The number of fused-ring (bicyclic) bond motifs is 1. The highest BCUT2D eigenvalue weighted by molar-refractivity contribution is 7.53. The Morgan fingerprint density at radius 1 is 0.512 bits per heavy atom. The van der Waals surface area contributed by atoms with Gasteiger partial charge in [-0.15, -0.1) is 0 Å². The summed E-state index contributed by atoms with van der Waals surface area (Å²) in [4.78, 5) is 178. The number of nitrogens with one attached hydrogen (secondary N) is 10. The number of hydrogen-bond donors (Lipinski definition) is 23. The maximum absolute atomic E-state index is 14.4. The summed E-state index contributed by atoms with van der Waals surface area (Å²) in [6.45, 7) is -3.29. The Morgan fingerprint density at radius 2 is 0.913 bits per heavy atom. The van der Waals surface area contributed by atoms with Gasteiger partial charge in [0.25, 0.3) is 0 Å². The summed E-state index contributed by atoms with van der Waals surface area (Å²) in [6, 6.07) is -5.02. The molecule has 0 radical (unpaired) electrons. The van der Waals surface area contributed by atoms with Gasteiger partial charge in [0.15, 0.2) is 30.3 Å². The minimum atomic E-state index is -5.20. The van der Waals surface area contributed by atoms with Crippen molar-refractivity contribution in [2.75, 3.05) is 125 Å². The number of phosphoric ester groups is 1. The van der Waals surface area contributed by atoms with Crippen LogP contribution >= 0.6 is 15.4 Å². The number of aliphatic hydroxyl groups excluding tert-OH is 10. The molecule has 5 saturated heterocycles. The number of β-amino-alcohol motifs (C(OH)–C–C–N with tert-alkyl or cyclic N) is 1. The Labute approximate surface area is 726 Å². The molecule has 56 heteroatoms. The lowest BCUT2D eigenvalue weighted by molar-refractivity contribution is -0.270. The summed E-state index contributed by atoms with van der Waals surface area (Å²) in [7, 11) is -9.45. The minimum absolute atomic E-state index is 0.0288. The summed E-state index contributed by atoms with van der Waals surface area (Å²) in [5, 5.41) is 127. The normalized spacial score (nSPS) is 28.0. The fourth-order valence-electron chi connectivity index (χ4n) is 13.4. The summed E-state index contributed by atoms with van der Waals surface area (Å²) in [6.07, 6.45) is -24.4. The average molecular weight is 1870 g/mol. The molecule has 0 bridgehead atoms. The van der Waals surface area contributed by atoms with Crippen LogP contribution in [0, 0.1) is 0 Å². The zero-order valence-corrected chi connectivity index (χ0v) is 72.1. The van der Waals surface area contributed by atoms with Gasteiger partial charge in [-0.25, -0.2) is 19.5 Å². The van der Waals surface area contributed by atoms with E-state index in [4.69, 9.17) is 66.7 Å². The van der Waals surface area contributed by atoms with Crippen molar-refractivity contribution in [3.8, 4) is 0 Å². The molecule has 2 aromatic rings. The van der Waals surface area contributed by atoms with E-state index in [1.165, 1.54) is 31.1 Å². The van der Waals surface area contributed by atoms with E-state index < -0.39 is 339 Å². The number of rotatable bonds is 53. The summed E-state index contributed by atoms with van der Waals surface area (Å²) in [5.74, 6) is -7.69. The SMILES string of the molecule is CC(=O)N[C@H]1C(O)[C@@H](O)C(CO)O[C@H]1OCCC(=O)NCNC(=O)CCOCC(COCCC(=O)NCNC(=O)CCO[C@@H]1OC(CO)[C@H](O)C(O)[C@@H]1NC(C)=O)(COCCC(=O)NCNC(=O)CCO[C@@H]1OC(CO)[C@H](O)C(O)[C@@H]1NC(C)=O)NC(=O)CCC(=O)N1C[C@H](O)C[C@H]1COP(=O)(O)O[C@H]1C[C@H](n2cnc3c(N)ncnc32)O[C@@H]1COP(=O)(O)C(C)C. The van der Waals surface area contributed by atoms with E-state index in [0.717, 1.165) is 25.7 Å². The van der Waals surface area contributed by atoms with Crippen LogP contribution in [0.15, 0.2) is 12.7 Å². The lowest BCUT2D eigenvalue weighted by Crippen LogP contribution is -2.64. The van der Waals surface area contributed by atoms with Gasteiger partial charge in [0.1, 0.15) is 109 Å². The van der Waals surface area contributed by atoms with E-state index in [-0.39, 0.29) is 75.5 Å². The second-order valence-electron chi connectivity index (χ2n) is 30.4. The third-order valence-electron chi connectivity index (χ3n) is 20.2. The third-order valence-corrected chi connectivity index (χ3v) is 23.0. The number of phosphoric acid groups is 1. The van der Waals surface area contributed by atoms with Crippen LogP contribution in [-0.2, 0) is 123 Å². The third kappa shape index (κ3) is 33.4. The molecule has 0 spiro atoms. The molecule has 24 N–H and O–H groups in total. The molecular formula is C71H118N16O38P2. The Hall–Kier alpha value is -8.02. The lowest BCUT2D eigenvalue weighted by atomic mass is 9.97. The van der Waals surface area contributed by atoms with Crippen molar-refractivity contribution in [2.45, 2.75) is 233 Å². The first-order valence-electron chi connectivity index (χ1n) is 40.5. The number of nitrogen functional groups attached to an aromatic ring is 1. The predicted molar refractivity (Wildman–Crippen MR) is 424 cm³/mol. The van der Waals surface area contributed by atoms with Gasteiger partial charge in [-0.05, 0) is 6.42 Å². The van der Waals surface area contributed by atoms with Gasteiger partial charge in [0, 0.05) is 46.6 Å². The molecule has 5 aliphatic rings. The molecule has 22 atom stereocenters. The number of ether oxygens (including phenoxy) is 10. The Bertz CT molecular complexity index is 3810. The number of hydrogen-bond acceptors (Lipinski definition) is 40. The van der Waals surface area contributed by atoms with Gasteiger partial charge < -0.3 is 177 Å². The van der Waals surface area contributed by atoms with E-state index in [1.54, 1.807) is 0 Å². The topological polar surface area (TPSA) is 778 Å². The highest BCUT2D eigenvalue weighted by atomic mass is 31.2. The first kappa shape index (κ1) is 106. The standard InChI is InChI=1S/C71H118N16O38P2/c1-36(2)126(109,110)119-27-46-42(21-55(121-46)87-35-81-59-66(72)79-34-80-67(59)87)125-127(111,112)120-26-40-20-41(94)22-86(40)54(102)7-6-53(101)85-71(28-113-14-8-47(95)73-31-76-50(98)11-17-116-68-56(82-37(3)91)63(106)60(103)43(23-88)122-68,29-114-15-9-48(96)74-32-77-51(99)12-18-117-69-57(83-38(4)92)64(107)61(104)44(24-89)123-69)30-115-16-10-49(97)75-33-78-52(100)13-19-118-70-58(84-39(5)93)65(108)62(105)45(25-90)124-70/h34-36,40-46,55-58,60-65,68-70,88-90,94,103-108H,6-33H2,1-5H3,(H,73,95)(H,74,96)(H,75,97)(H,76,98)(H,77,99)(H,78,100)(H,82,91)(H,83,92)(H,84,93)(H,85,101)(H,109,110)(H,111,112)(H2,72,79,80)/t40-,41+,42-,43?,44?,45?,46+,55+,56-,57-,58-,60-,61-,62-,63?,64?,65?,68+,69+,70+,71?/m0/s1. The van der Waals surface area contributed by atoms with Crippen LogP contribution in [-0.4, -0.2) is 397 Å². The number of amides is 11. The molecule has 720 valence electrons. The van der Waals surface area contributed by atoms with E-state index in [1.807, 2.05) is 0 Å². The summed E-state index contributed by atoms with van der Waals surface area (Å²) < 4.78 is 102. The highest BCUT2D eigenvalue weighted by Gasteiger charge is 2.50. The van der Waals surface area contributed by atoms with Crippen molar-refractivity contribution < 1.29 is 184 Å². The average Bonchev–Trinajstić information content (AvgIpc) is 1.62. The van der Waals surface area contributed by atoms with Gasteiger partial charge >= 0.3 is 15.4 Å². The molecule has 0 aromatic carbocycles. The van der Waals surface area contributed by atoms with Gasteiger partial charge in [0.2, 0.25) is 65.0 Å². The second-order valence-corrected chi connectivity index (χ2v) is 34.3. The number of aliphatic hydroxyl groups is 10. The molecule has 2 aromatic heterocycles. The number of anilines is 1. The van der Waals surface area contributed by atoms with Crippen LogP contribution in [0.5, 0.6) is 0 Å². The molecule has 5 aliphatic heterocycles. The summed E-state index contributed by atoms with van der Waals surface area (Å²) >= 11 is 0. The smallest absolute Gasteiger partial charge is 0.394 e. The maximum Gasteiger partial charge on any atom is 0.472 e. The van der Waals surface area contributed by atoms with Gasteiger partial charge in [-0.2, -0.15) is 0 Å². The van der Waals surface area contributed by atoms with Crippen molar-refractivity contribution in [1.82, 2.24) is 77.6 Å². The molecule has 8 unspecified atom stereocenters. The number of carbonyl (C=O) groups excluding carboxylic acids is 11. The van der Waals surface area contributed by atoms with Crippen LogP contribution in [0.1, 0.15) is 105 Å². The van der Waals surface area contributed by atoms with Crippen molar-refractivity contribution in [3.05, 3.63) is 12.7 Å². The fraction of sp³-hybridized carbons (Fsp3) is 0.775.